The van der Waals surface area contributed by atoms with Gasteiger partial charge in [0.15, 0.2) is 0 Å². The first-order valence-corrected chi connectivity index (χ1v) is 11.5. The number of ether oxygens (including phenoxy) is 1. The van der Waals surface area contributed by atoms with Gasteiger partial charge in [0.25, 0.3) is 0 Å². The summed E-state index contributed by atoms with van der Waals surface area (Å²) in [5, 5.41) is 0. The highest BCUT2D eigenvalue weighted by Crippen LogP contribution is 2.47. The maximum atomic E-state index is 14.1. The monoisotopic (exact) mass is 448 g/mol. The molecule has 3 heterocycles. The largest absolute Gasteiger partial charge is 0.491 e. The zero-order valence-electron chi connectivity index (χ0n) is 19.2. The third-order valence-electron chi connectivity index (χ3n) is 6.67. The van der Waals surface area contributed by atoms with Gasteiger partial charge in [-0.15, -0.1) is 0 Å². The van der Waals surface area contributed by atoms with Crippen molar-refractivity contribution in [1.29, 1.82) is 0 Å². The molecule has 0 bridgehead atoms. The van der Waals surface area contributed by atoms with E-state index < -0.39 is 5.54 Å². The van der Waals surface area contributed by atoms with E-state index in [9.17, 15) is 9.18 Å². The van der Waals surface area contributed by atoms with E-state index in [1.165, 1.54) is 17.7 Å². The van der Waals surface area contributed by atoms with Gasteiger partial charge in [-0.25, -0.2) is 14.2 Å². The molecule has 2 aliphatic heterocycles. The number of aromatic nitrogens is 2. The first-order chi connectivity index (χ1) is 15.9. The van der Waals surface area contributed by atoms with Gasteiger partial charge >= 0.3 is 6.03 Å². The van der Waals surface area contributed by atoms with E-state index in [1.807, 2.05) is 26.0 Å². The fourth-order valence-electron chi connectivity index (χ4n) is 5.30. The Bertz CT molecular complexity index is 1180. The molecule has 1 fully saturated rings. The Balaban J connectivity index is 1.42. The molecular formula is C26H29FN4O2. The summed E-state index contributed by atoms with van der Waals surface area (Å²) in [5.41, 5.74) is 1.18. The molecule has 3 aromatic rings. The molecule has 2 atom stereocenters. The molecule has 0 saturated carbocycles. The van der Waals surface area contributed by atoms with E-state index >= 15 is 0 Å². The number of carbonyl (C=O) groups excluding carboxylic acids is 1. The molecule has 172 valence electrons. The summed E-state index contributed by atoms with van der Waals surface area (Å²) >= 11 is 0. The molecule has 1 amide bonds. The summed E-state index contributed by atoms with van der Waals surface area (Å²) in [6, 6.07) is 14.5. The van der Waals surface area contributed by atoms with Gasteiger partial charge in [-0.1, -0.05) is 18.2 Å². The lowest BCUT2D eigenvalue weighted by molar-refractivity contribution is 0.0967. The number of amides is 1. The van der Waals surface area contributed by atoms with Crippen molar-refractivity contribution in [2.24, 2.45) is 0 Å². The Morgan fingerprint density at radius 1 is 1.21 bits per heavy atom. The highest BCUT2D eigenvalue weighted by atomic mass is 19.1. The van der Waals surface area contributed by atoms with Crippen molar-refractivity contribution in [3.8, 4) is 5.75 Å². The molecule has 33 heavy (non-hydrogen) atoms. The minimum Gasteiger partial charge on any atom is -0.491 e. The summed E-state index contributed by atoms with van der Waals surface area (Å²) in [6.07, 6.45) is 4.95. The number of fused-ring (bicyclic) bond motifs is 2. The molecule has 7 heteroatoms. The van der Waals surface area contributed by atoms with E-state index in [0.29, 0.717) is 12.1 Å². The SMILES string of the molecule is CC(C)Oc1cccc(CN2CCC3(CC2C)c2nccn2C(=O)N3c2cccc(F)c2)c1. The number of likely N-dealkylation sites (tertiary alicyclic amines) is 1. The fourth-order valence-corrected chi connectivity index (χ4v) is 5.30. The molecule has 5 rings (SSSR count). The standard InChI is InChI=1S/C26H29FN4O2/c1-18(2)33-23-9-4-6-20(14-23)17-29-12-10-26(16-19(29)3)24-28-11-13-30(24)25(32)31(26)22-8-5-7-21(27)15-22/h4-9,11,13-15,18-19H,10,12,16-17H2,1-3H3. The minimum absolute atomic E-state index is 0.131. The second-order valence-corrected chi connectivity index (χ2v) is 9.34. The third kappa shape index (κ3) is 3.80. The van der Waals surface area contributed by atoms with Crippen LogP contribution in [0.2, 0.25) is 0 Å². The average molecular weight is 449 g/mol. The zero-order valence-corrected chi connectivity index (χ0v) is 19.2. The van der Waals surface area contributed by atoms with Crippen LogP contribution in [0.15, 0.2) is 60.9 Å². The predicted octanol–water partition coefficient (Wildman–Crippen LogP) is 5.18. The molecule has 2 aliphatic rings. The number of halogens is 1. The van der Waals surface area contributed by atoms with Crippen LogP contribution in [0.3, 0.4) is 0 Å². The van der Waals surface area contributed by atoms with E-state index in [4.69, 9.17) is 4.74 Å². The van der Waals surface area contributed by atoms with Gasteiger partial charge in [-0.3, -0.25) is 14.4 Å². The van der Waals surface area contributed by atoms with Gasteiger partial charge in [0.1, 0.15) is 22.9 Å². The van der Waals surface area contributed by atoms with Crippen LogP contribution in [0.5, 0.6) is 5.75 Å². The summed E-state index contributed by atoms with van der Waals surface area (Å²) < 4.78 is 21.5. The summed E-state index contributed by atoms with van der Waals surface area (Å²) in [5.74, 6) is 1.27. The van der Waals surface area contributed by atoms with Crippen molar-refractivity contribution in [3.05, 3.63) is 78.1 Å². The second kappa shape index (κ2) is 8.30. The van der Waals surface area contributed by atoms with Crippen molar-refractivity contribution in [3.63, 3.8) is 0 Å². The zero-order chi connectivity index (χ0) is 23.2. The number of rotatable bonds is 5. The van der Waals surface area contributed by atoms with Crippen LogP contribution in [-0.2, 0) is 12.1 Å². The number of nitrogens with zero attached hydrogens (tertiary/aromatic N) is 4. The normalized spacial score (nSPS) is 22.9. The summed E-state index contributed by atoms with van der Waals surface area (Å²) in [7, 11) is 0. The number of benzene rings is 2. The van der Waals surface area contributed by atoms with Gasteiger partial charge < -0.3 is 4.74 Å². The lowest BCUT2D eigenvalue weighted by atomic mass is 9.81. The van der Waals surface area contributed by atoms with Gasteiger partial charge in [0.2, 0.25) is 0 Å². The summed E-state index contributed by atoms with van der Waals surface area (Å²) in [4.78, 5) is 22.1. The van der Waals surface area contributed by atoms with Crippen molar-refractivity contribution >= 4 is 11.7 Å². The first-order valence-electron chi connectivity index (χ1n) is 11.5. The molecule has 0 radical (unpaired) electrons. The van der Waals surface area contributed by atoms with Crippen molar-refractivity contribution in [1.82, 2.24) is 14.5 Å². The van der Waals surface area contributed by atoms with Gasteiger partial charge in [-0.05, 0) is 69.5 Å². The number of hydrogen-bond donors (Lipinski definition) is 0. The fraction of sp³-hybridized carbons (Fsp3) is 0.385. The highest BCUT2D eigenvalue weighted by molar-refractivity contribution is 5.98. The molecule has 1 saturated heterocycles. The predicted molar refractivity (Wildman–Crippen MR) is 125 cm³/mol. The molecular weight excluding hydrogens is 419 g/mol. The molecule has 2 aromatic carbocycles. The number of hydrogen-bond acceptors (Lipinski definition) is 4. The number of piperidine rings is 1. The molecule has 0 N–H and O–H groups in total. The van der Waals surface area contributed by atoms with Crippen LogP contribution in [0.1, 0.15) is 45.0 Å². The Labute approximate surface area is 193 Å². The third-order valence-corrected chi connectivity index (χ3v) is 6.67. The quantitative estimate of drug-likeness (QED) is 0.540. The molecule has 6 nitrogen and oxygen atoms in total. The first kappa shape index (κ1) is 21.6. The lowest BCUT2D eigenvalue weighted by Gasteiger charge is -2.46. The van der Waals surface area contributed by atoms with Gasteiger partial charge in [-0.2, -0.15) is 0 Å². The topological polar surface area (TPSA) is 50.6 Å². The van der Waals surface area contributed by atoms with Crippen LogP contribution in [-0.4, -0.2) is 39.2 Å². The average Bonchev–Trinajstić information content (AvgIpc) is 3.33. The van der Waals surface area contributed by atoms with E-state index in [1.54, 1.807) is 34.0 Å². The Hall–Kier alpha value is -3.19. The van der Waals surface area contributed by atoms with E-state index in [0.717, 1.165) is 31.1 Å². The molecule has 1 aromatic heterocycles. The van der Waals surface area contributed by atoms with Crippen molar-refractivity contribution in [2.45, 2.75) is 57.8 Å². The van der Waals surface area contributed by atoms with Crippen LogP contribution < -0.4 is 9.64 Å². The molecule has 1 spiro atoms. The maximum absolute atomic E-state index is 14.1. The number of carbonyl (C=O) groups is 1. The molecule has 0 aliphatic carbocycles. The maximum Gasteiger partial charge on any atom is 0.335 e. The Morgan fingerprint density at radius 2 is 2.03 bits per heavy atom. The van der Waals surface area contributed by atoms with Crippen LogP contribution >= 0.6 is 0 Å². The summed E-state index contributed by atoms with van der Waals surface area (Å²) in [6.45, 7) is 7.83. The van der Waals surface area contributed by atoms with Crippen molar-refractivity contribution in [2.75, 3.05) is 11.4 Å². The van der Waals surface area contributed by atoms with E-state index in [2.05, 4.69) is 28.9 Å². The van der Waals surface area contributed by atoms with E-state index in [-0.39, 0.29) is 24.0 Å². The van der Waals surface area contributed by atoms with Crippen LogP contribution in [0.25, 0.3) is 0 Å². The number of imidazole rings is 1. The van der Waals surface area contributed by atoms with Crippen LogP contribution in [0.4, 0.5) is 14.9 Å². The Morgan fingerprint density at radius 3 is 2.79 bits per heavy atom. The van der Waals surface area contributed by atoms with Crippen LogP contribution in [0, 0.1) is 5.82 Å². The van der Waals surface area contributed by atoms with Gasteiger partial charge in [0.05, 0.1) is 6.10 Å². The van der Waals surface area contributed by atoms with Gasteiger partial charge in [0, 0.05) is 37.2 Å². The molecule has 2 unspecified atom stereocenters. The highest BCUT2D eigenvalue weighted by Gasteiger charge is 2.54. The number of anilines is 1. The lowest BCUT2D eigenvalue weighted by Crippen LogP contribution is -2.54. The Kier molecular flexibility index (Phi) is 5.44. The van der Waals surface area contributed by atoms with Crippen molar-refractivity contribution < 1.29 is 13.9 Å². The second-order valence-electron chi connectivity index (χ2n) is 9.34. The minimum atomic E-state index is -0.590. The smallest absolute Gasteiger partial charge is 0.335 e.